The summed E-state index contributed by atoms with van der Waals surface area (Å²) in [5.41, 5.74) is 0. The Morgan fingerprint density at radius 2 is 0.877 bits per heavy atom. The third-order valence-electron chi connectivity index (χ3n) is 12.3. The summed E-state index contributed by atoms with van der Waals surface area (Å²) in [6.45, 7) is 5.88. The quantitative estimate of drug-likeness (QED) is 0.0334. The molecule has 0 aliphatic carbocycles. The van der Waals surface area contributed by atoms with Crippen molar-refractivity contribution < 1.29 is 39.8 Å². The minimum Gasteiger partial charge on any atom is -0.390 e. The summed E-state index contributed by atoms with van der Waals surface area (Å²) in [6.07, 6.45) is 34.2. The Hall–Kier alpha value is -0.810. The van der Waals surface area contributed by atoms with Gasteiger partial charge in [-0.3, -0.25) is 4.79 Å². The normalized spacial score (nSPS) is 21.4. The van der Waals surface area contributed by atoms with Gasteiger partial charge in [0.25, 0.3) is 0 Å². The van der Waals surface area contributed by atoms with E-state index < -0.39 is 49.0 Å². The summed E-state index contributed by atoms with van der Waals surface area (Å²) >= 11 is 0. The van der Waals surface area contributed by atoms with Crippen LogP contribution in [0, 0.1) is 0 Å². The van der Waals surface area contributed by atoms with Crippen LogP contribution in [0.1, 0.15) is 245 Å². The molecule has 0 spiro atoms. The Morgan fingerprint density at radius 3 is 1.26 bits per heavy atom. The van der Waals surface area contributed by atoms with Crippen LogP contribution >= 0.6 is 0 Å². The van der Waals surface area contributed by atoms with Crippen molar-refractivity contribution in [1.82, 2.24) is 5.32 Å². The summed E-state index contributed by atoms with van der Waals surface area (Å²) < 4.78 is 11.3. The molecule has 4 unspecified atom stereocenters. The van der Waals surface area contributed by atoms with E-state index in [9.17, 15) is 30.3 Å². The predicted molar refractivity (Wildman–Crippen MR) is 235 cm³/mol. The SMILES string of the molecule is CCCCCCCCCCCCCCCCCCCCCCCC(=O)N[C@@H](COC1OC(C)[C@@H](O)C(O)C1O)[C@H](O)[C@H](O)CCCCCCCCCCCCCC. The number of unbranched alkanes of at least 4 members (excludes halogenated alkanes) is 31. The zero-order valence-corrected chi connectivity index (χ0v) is 37.5. The second-order valence-corrected chi connectivity index (χ2v) is 17.7. The number of nitrogens with one attached hydrogen (secondary N) is 1. The van der Waals surface area contributed by atoms with Crippen molar-refractivity contribution in [3.05, 3.63) is 0 Å². The van der Waals surface area contributed by atoms with Gasteiger partial charge in [-0.25, -0.2) is 0 Å². The number of aliphatic hydroxyl groups is 5. The maximum absolute atomic E-state index is 13.0. The Labute approximate surface area is 351 Å². The summed E-state index contributed by atoms with van der Waals surface area (Å²) in [4.78, 5) is 13.0. The van der Waals surface area contributed by atoms with Crippen LogP contribution in [0.2, 0.25) is 0 Å². The first-order valence-electron chi connectivity index (χ1n) is 24.7. The smallest absolute Gasteiger partial charge is 0.220 e. The van der Waals surface area contributed by atoms with Gasteiger partial charge < -0.3 is 40.3 Å². The highest BCUT2D eigenvalue weighted by atomic mass is 16.7. The second-order valence-electron chi connectivity index (χ2n) is 17.7. The van der Waals surface area contributed by atoms with Crippen molar-refractivity contribution in [2.45, 2.75) is 294 Å². The van der Waals surface area contributed by atoms with Crippen molar-refractivity contribution in [3.63, 3.8) is 0 Å². The van der Waals surface area contributed by atoms with Crippen LogP contribution in [0.15, 0.2) is 0 Å². The minimum absolute atomic E-state index is 0.216. The van der Waals surface area contributed by atoms with E-state index in [1.165, 1.54) is 173 Å². The average molecular weight is 814 g/mol. The molecule has 1 amide bonds. The number of hydrogen-bond acceptors (Lipinski definition) is 8. The first-order chi connectivity index (χ1) is 27.7. The number of amides is 1. The summed E-state index contributed by atoms with van der Waals surface area (Å²) in [6, 6.07) is -0.921. The molecule has 9 heteroatoms. The molecule has 340 valence electrons. The zero-order valence-electron chi connectivity index (χ0n) is 37.5. The van der Waals surface area contributed by atoms with Crippen LogP contribution < -0.4 is 5.32 Å². The number of carbonyl (C=O) groups is 1. The highest BCUT2D eigenvalue weighted by Gasteiger charge is 2.43. The molecule has 0 radical (unpaired) electrons. The highest BCUT2D eigenvalue weighted by Crippen LogP contribution is 2.23. The Bertz CT molecular complexity index is 879. The fraction of sp³-hybridized carbons (Fsp3) is 0.979. The molecule has 0 saturated carbocycles. The van der Waals surface area contributed by atoms with Gasteiger partial charge in [0.2, 0.25) is 5.91 Å². The molecular formula is C48H95NO8. The molecular weight excluding hydrogens is 719 g/mol. The van der Waals surface area contributed by atoms with Crippen LogP contribution in [0.5, 0.6) is 0 Å². The van der Waals surface area contributed by atoms with Crippen molar-refractivity contribution in [3.8, 4) is 0 Å². The van der Waals surface area contributed by atoms with E-state index in [1.807, 2.05) is 0 Å². The predicted octanol–water partition coefficient (Wildman–Crippen LogP) is 10.7. The van der Waals surface area contributed by atoms with Gasteiger partial charge in [-0.2, -0.15) is 0 Å². The fourth-order valence-electron chi connectivity index (χ4n) is 8.21. The molecule has 8 atom stereocenters. The van der Waals surface area contributed by atoms with E-state index in [4.69, 9.17) is 9.47 Å². The minimum atomic E-state index is -1.49. The van der Waals surface area contributed by atoms with Crippen LogP contribution in [-0.4, -0.2) is 87.0 Å². The van der Waals surface area contributed by atoms with Gasteiger partial charge in [0.1, 0.15) is 24.4 Å². The van der Waals surface area contributed by atoms with E-state index in [2.05, 4.69) is 19.2 Å². The molecule has 0 aromatic heterocycles. The number of rotatable bonds is 41. The standard InChI is InChI=1S/C48H95NO8/c1-4-6-8-10-12-14-16-18-19-20-21-22-23-24-25-26-28-30-32-34-36-38-43(51)49-41(39-56-48-47(55)46(54)44(52)40(3)57-48)45(53)42(50)37-35-33-31-29-27-17-15-13-11-9-7-5-2/h40-42,44-48,50,52-55H,4-39H2,1-3H3,(H,49,51)/t40?,41-,42+,44+,45-,46?,47?,48?/m0/s1. The molecule has 1 aliphatic rings. The Balaban J connectivity index is 2.26. The Morgan fingerprint density at radius 1 is 0.526 bits per heavy atom. The molecule has 57 heavy (non-hydrogen) atoms. The molecule has 0 bridgehead atoms. The first kappa shape index (κ1) is 54.2. The molecule has 0 aromatic carbocycles. The molecule has 9 nitrogen and oxygen atoms in total. The van der Waals surface area contributed by atoms with Crippen molar-refractivity contribution in [2.75, 3.05) is 6.61 Å². The van der Waals surface area contributed by atoms with Crippen molar-refractivity contribution >= 4 is 5.91 Å². The molecule has 1 aliphatic heterocycles. The molecule has 1 fully saturated rings. The van der Waals surface area contributed by atoms with E-state index >= 15 is 0 Å². The van der Waals surface area contributed by atoms with Crippen LogP contribution in [0.25, 0.3) is 0 Å². The zero-order chi connectivity index (χ0) is 41.8. The van der Waals surface area contributed by atoms with E-state index in [0.717, 1.165) is 38.5 Å². The highest BCUT2D eigenvalue weighted by molar-refractivity contribution is 5.76. The van der Waals surface area contributed by atoms with E-state index in [1.54, 1.807) is 6.92 Å². The largest absolute Gasteiger partial charge is 0.390 e. The topological polar surface area (TPSA) is 149 Å². The lowest BCUT2D eigenvalue weighted by Gasteiger charge is -2.39. The fourth-order valence-corrected chi connectivity index (χ4v) is 8.21. The van der Waals surface area contributed by atoms with Gasteiger partial charge in [-0.05, 0) is 19.8 Å². The van der Waals surface area contributed by atoms with Crippen LogP contribution in [-0.2, 0) is 14.3 Å². The van der Waals surface area contributed by atoms with Gasteiger partial charge in [-0.1, -0.05) is 219 Å². The molecule has 1 saturated heterocycles. The molecule has 1 heterocycles. The van der Waals surface area contributed by atoms with Gasteiger partial charge in [0.05, 0.1) is 24.9 Å². The lowest BCUT2D eigenvalue weighted by atomic mass is 9.98. The summed E-state index contributed by atoms with van der Waals surface area (Å²) in [5.74, 6) is -0.216. The number of carbonyl (C=O) groups excluding carboxylic acids is 1. The van der Waals surface area contributed by atoms with Gasteiger partial charge >= 0.3 is 0 Å². The Kier molecular flexibility index (Phi) is 36.3. The average Bonchev–Trinajstić information content (AvgIpc) is 3.20. The van der Waals surface area contributed by atoms with Gasteiger partial charge in [-0.15, -0.1) is 0 Å². The van der Waals surface area contributed by atoms with E-state index in [-0.39, 0.29) is 12.5 Å². The molecule has 0 aromatic rings. The van der Waals surface area contributed by atoms with Crippen molar-refractivity contribution in [1.29, 1.82) is 0 Å². The number of ether oxygens (including phenoxy) is 2. The van der Waals surface area contributed by atoms with E-state index in [0.29, 0.717) is 12.8 Å². The number of hydrogen-bond donors (Lipinski definition) is 6. The monoisotopic (exact) mass is 814 g/mol. The third-order valence-corrected chi connectivity index (χ3v) is 12.3. The number of aliphatic hydroxyl groups excluding tert-OH is 5. The van der Waals surface area contributed by atoms with Crippen LogP contribution in [0.3, 0.4) is 0 Å². The maximum Gasteiger partial charge on any atom is 0.220 e. The van der Waals surface area contributed by atoms with Crippen molar-refractivity contribution in [2.24, 2.45) is 0 Å². The molecule has 1 rings (SSSR count). The molecule has 6 N–H and O–H groups in total. The lowest BCUT2D eigenvalue weighted by molar-refractivity contribution is -0.295. The second kappa shape index (κ2) is 38.1. The lowest BCUT2D eigenvalue weighted by Crippen LogP contribution is -2.58. The first-order valence-corrected chi connectivity index (χ1v) is 24.7. The summed E-state index contributed by atoms with van der Waals surface area (Å²) in [5, 5.41) is 55.6. The van der Waals surface area contributed by atoms with Gasteiger partial charge in [0, 0.05) is 6.42 Å². The maximum atomic E-state index is 13.0. The van der Waals surface area contributed by atoms with Gasteiger partial charge in [0.15, 0.2) is 6.29 Å². The van der Waals surface area contributed by atoms with Crippen LogP contribution in [0.4, 0.5) is 0 Å². The summed E-state index contributed by atoms with van der Waals surface area (Å²) in [7, 11) is 0. The third kappa shape index (κ3) is 29.1.